The van der Waals surface area contributed by atoms with E-state index in [1.807, 2.05) is 0 Å². The Morgan fingerprint density at radius 2 is 0.634 bits per heavy atom. The Balaban J connectivity index is 3.45. The maximum absolute atomic E-state index is 12.1. The lowest BCUT2D eigenvalue weighted by molar-refractivity contribution is -0.447. The highest BCUT2D eigenvalue weighted by molar-refractivity contribution is 5.78. The SMILES string of the molecule is CCCCCCCCCC(=O)CCCCCCCC(=O)CCCCCCCC(=O)CCCCCC(O)(O)C(O)(O)O. The molecule has 0 radical (unpaired) electrons. The van der Waals surface area contributed by atoms with Crippen molar-refractivity contribution in [2.24, 2.45) is 0 Å². The van der Waals surface area contributed by atoms with Gasteiger partial charge in [-0.1, -0.05) is 90.4 Å². The van der Waals surface area contributed by atoms with Crippen molar-refractivity contribution in [3.63, 3.8) is 0 Å². The van der Waals surface area contributed by atoms with Crippen LogP contribution < -0.4 is 0 Å². The largest absolute Gasteiger partial charge is 0.359 e. The fraction of sp³-hybridized carbons (Fsp3) is 0.909. The van der Waals surface area contributed by atoms with Gasteiger partial charge in [0.1, 0.15) is 17.3 Å². The fourth-order valence-corrected chi connectivity index (χ4v) is 5.04. The van der Waals surface area contributed by atoms with E-state index in [0.29, 0.717) is 56.5 Å². The van der Waals surface area contributed by atoms with E-state index in [4.69, 9.17) is 15.3 Å². The Morgan fingerprint density at radius 3 is 0.902 bits per heavy atom. The van der Waals surface area contributed by atoms with Crippen LogP contribution in [0, 0.1) is 0 Å². The summed E-state index contributed by atoms with van der Waals surface area (Å²) in [5.74, 6) is -5.64. The van der Waals surface area contributed by atoms with Gasteiger partial charge in [-0.3, -0.25) is 14.4 Å². The summed E-state index contributed by atoms with van der Waals surface area (Å²) in [7, 11) is 0. The van der Waals surface area contributed by atoms with Crippen LogP contribution in [0.25, 0.3) is 0 Å². The molecule has 0 atom stereocenters. The molecule has 0 unspecified atom stereocenters. The van der Waals surface area contributed by atoms with E-state index in [2.05, 4.69) is 6.92 Å². The average molecular weight is 587 g/mol. The summed E-state index contributed by atoms with van der Waals surface area (Å²) in [6, 6.07) is 0. The van der Waals surface area contributed by atoms with Gasteiger partial charge in [0.25, 0.3) is 0 Å². The molecule has 0 bridgehead atoms. The summed E-state index contributed by atoms with van der Waals surface area (Å²) in [5.41, 5.74) is 0. The molecule has 8 nitrogen and oxygen atoms in total. The second-order valence-corrected chi connectivity index (χ2v) is 12.0. The van der Waals surface area contributed by atoms with Gasteiger partial charge in [0.05, 0.1) is 0 Å². The third-order valence-corrected chi connectivity index (χ3v) is 7.90. The van der Waals surface area contributed by atoms with E-state index in [1.165, 1.54) is 38.5 Å². The lowest BCUT2D eigenvalue weighted by Crippen LogP contribution is -2.54. The first-order chi connectivity index (χ1) is 19.5. The molecule has 41 heavy (non-hydrogen) atoms. The first-order valence-corrected chi connectivity index (χ1v) is 16.7. The number of carbonyl (C=O) groups excluding carboxylic acids is 3. The van der Waals surface area contributed by atoms with Gasteiger partial charge < -0.3 is 25.5 Å². The Hall–Kier alpha value is -1.19. The maximum Gasteiger partial charge on any atom is 0.332 e. The van der Waals surface area contributed by atoms with Crippen molar-refractivity contribution in [1.29, 1.82) is 0 Å². The van der Waals surface area contributed by atoms with Gasteiger partial charge in [0, 0.05) is 44.9 Å². The van der Waals surface area contributed by atoms with E-state index in [0.717, 1.165) is 77.0 Å². The number of aliphatic hydroxyl groups is 5. The van der Waals surface area contributed by atoms with Crippen LogP contribution in [0.5, 0.6) is 0 Å². The maximum atomic E-state index is 12.1. The zero-order valence-corrected chi connectivity index (χ0v) is 26.1. The van der Waals surface area contributed by atoms with Crippen molar-refractivity contribution in [1.82, 2.24) is 0 Å². The van der Waals surface area contributed by atoms with Crippen LogP contribution in [-0.4, -0.2) is 54.6 Å². The van der Waals surface area contributed by atoms with E-state index >= 15 is 0 Å². The summed E-state index contributed by atoms with van der Waals surface area (Å²) in [6.07, 6.45) is 23.2. The minimum absolute atomic E-state index is 0.162. The van der Waals surface area contributed by atoms with Crippen LogP contribution in [0.15, 0.2) is 0 Å². The monoisotopic (exact) mass is 586 g/mol. The Bertz CT molecular complexity index is 669. The molecule has 0 saturated carbocycles. The van der Waals surface area contributed by atoms with Gasteiger partial charge in [0.15, 0.2) is 0 Å². The molecule has 0 aromatic rings. The molecule has 0 fully saturated rings. The number of hydrogen-bond acceptors (Lipinski definition) is 8. The summed E-state index contributed by atoms with van der Waals surface area (Å²) >= 11 is 0. The first kappa shape index (κ1) is 39.8. The molecule has 0 aromatic carbocycles. The average Bonchev–Trinajstić information content (AvgIpc) is 2.90. The summed E-state index contributed by atoms with van der Waals surface area (Å²) in [4.78, 5) is 36.0. The smallest absolute Gasteiger partial charge is 0.332 e. The number of Topliss-reactive ketones (excluding diaryl/α,β-unsaturated/α-hetero) is 3. The van der Waals surface area contributed by atoms with E-state index < -0.39 is 18.2 Å². The molecule has 0 aromatic heterocycles. The third-order valence-electron chi connectivity index (χ3n) is 7.90. The van der Waals surface area contributed by atoms with Gasteiger partial charge in [-0.15, -0.1) is 0 Å². The van der Waals surface area contributed by atoms with Gasteiger partial charge in [-0.05, 0) is 44.9 Å². The van der Waals surface area contributed by atoms with Gasteiger partial charge in [0.2, 0.25) is 5.79 Å². The lowest BCUT2D eigenvalue weighted by Gasteiger charge is -2.29. The first-order valence-electron chi connectivity index (χ1n) is 16.7. The second-order valence-electron chi connectivity index (χ2n) is 12.0. The van der Waals surface area contributed by atoms with Crippen molar-refractivity contribution in [3.05, 3.63) is 0 Å². The molecule has 5 N–H and O–H groups in total. The van der Waals surface area contributed by atoms with E-state index in [9.17, 15) is 24.6 Å². The van der Waals surface area contributed by atoms with Crippen LogP contribution in [0.4, 0.5) is 0 Å². The van der Waals surface area contributed by atoms with Crippen LogP contribution in [0.3, 0.4) is 0 Å². The summed E-state index contributed by atoms with van der Waals surface area (Å²) in [6.45, 7) is 2.23. The highest BCUT2D eigenvalue weighted by Crippen LogP contribution is 2.22. The highest BCUT2D eigenvalue weighted by Gasteiger charge is 2.45. The van der Waals surface area contributed by atoms with Crippen LogP contribution in [-0.2, 0) is 14.4 Å². The molecule has 8 heteroatoms. The molecule has 242 valence electrons. The van der Waals surface area contributed by atoms with Gasteiger partial charge >= 0.3 is 5.97 Å². The van der Waals surface area contributed by atoms with Crippen molar-refractivity contribution in [2.45, 2.75) is 192 Å². The number of hydrogen-bond donors (Lipinski definition) is 5. The van der Waals surface area contributed by atoms with Crippen molar-refractivity contribution in [2.75, 3.05) is 0 Å². The zero-order chi connectivity index (χ0) is 30.8. The number of carbonyl (C=O) groups is 3. The van der Waals surface area contributed by atoms with Gasteiger partial charge in [-0.2, -0.15) is 0 Å². The zero-order valence-electron chi connectivity index (χ0n) is 26.1. The molecule has 0 amide bonds. The van der Waals surface area contributed by atoms with E-state index in [1.54, 1.807) is 0 Å². The van der Waals surface area contributed by atoms with Crippen LogP contribution in [0.2, 0.25) is 0 Å². The Kier molecular flexibility index (Phi) is 24.6. The standard InChI is InChI=1S/C33H62O8/c1-2-3-4-5-6-9-15-22-29(34)23-16-10-7-11-17-24-30(35)25-18-12-8-13-19-26-31(36)27-20-14-21-28-32(37,38)33(39,40)41/h37-41H,2-28H2,1H3. The highest BCUT2D eigenvalue weighted by atomic mass is 16.7. The Labute approximate surface area is 249 Å². The predicted octanol–water partition coefficient (Wildman–Crippen LogP) is 6.56. The molecule has 0 heterocycles. The lowest BCUT2D eigenvalue weighted by atomic mass is 10.0. The third kappa shape index (κ3) is 25.1. The molecule has 0 aliphatic heterocycles. The van der Waals surface area contributed by atoms with Crippen molar-refractivity contribution < 1.29 is 39.9 Å². The van der Waals surface area contributed by atoms with Gasteiger partial charge in [-0.25, -0.2) is 0 Å². The number of rotatable bonds is 31. The predicted molar refractivity (Wildman–Crippen MR) is 162 cm³/mol. The minimum Gasteiger partial charge on any atom is -0.359 e. The molecule has 0 saturated heterocycles. The quantitative estimate of drug-likeness (QED) is 0.0452. The Morgan fingerprint density at radius 1 is 0.390 bits per heavy atom. The van der Waals surface area contributed by atoms with Crippen molar-refractivity contribution in [3.8, 4) is 0 Å². The molecule has 0 aliphatic carbocycles. The molecule has 0 rings (SSSR count). The van der Waals surface area contributed by atoms with Crippen LogP contribution >= 0.6 is 0 Å². The number of unbranched alkanes of at least 4 members (excludes halogenated alkanes) is 16. The summed E-state index contributed by atoms with van der Waals surface area (Å²) < 4.78 is 0. The second kappa shape index (κ2) is 25.3. The normalized spacial score (nSPS) is 12.1. The minimum atomic E-state index is -3.56. The fourth-order valence-electron chi connectivity index (χ4n) is 5.04. The topological polar surface area (TPSA) is 152 Å². The summed E-state index contributed by atoms with van der Waals surface area (Å²) in [5, 5.41) is 45.2. The molecular weight excluding hydrogens is 524 g/mol. The number of ketones is 3. The molecule has 0 spiro atoms. The van der Waals surface area contributed by atoms with Crippen LogP contribution in [0.1, 0.15) is 180 Å². The molecule has 0 aliphatic rings. The molecular formula is C33H62O8. The van der Waals surface area contributed by atoms with Crippen molar-refractivity contribution >= 4 is 17.3 Å². The van der Waals surface area contributed by atoms with E-state index in [-0.39, 0.29) is 12.2 Å².